The van der Waals surface area contributed by atoms with Crippen LogP contribution in [0.5, 0.6) is 5.75 Å². The van der Waals surface area contributed by atoms with Crippen LogP contribution < -0.4 is 15.4 Å². The monoisotopic (exact) mass is 344 g/mol. The summed E-state index contributed by atoms with van der Waals surface area (Å²) in [6.07, 6.45) is 0. The van der Waals surface area contributed by atoms with E-state index in [0.29, 0.717) is 22.0 Å². The third-order valence-corrected chi connectivity index (χ3v) is 3.67. The van der Waals surface area contributed by atoms with Crippen LogP contribution in [0.25, 0.3) is 0 Å². The van der Waals surface area contributed by atoms with Gasteiger partial charge in [-0.2, -0.15) is 0 Å². The number of ether oxygens (including phenoxy) is 2. The van der Waals surface area contributed by atoms with Crippen molar-refractivity contribution in [1.82, 2.24) is 10.6 Å². The summed E-state index contributed by atoms with van der Waals surface area (Å²) < 4.78 is 10.5. The molecule has 6 nitrogen and oxygen atoms in total. The van der Waals surface area contributed by atoms with Gasteiger partial charge >= 0.3 is 12.0 Å². The van der Waals surface area contributed by atoms with Gasteiger partial charge in [0.1, 0.15) is 17.4 Å². The predicted molar refractivity (Wildman–Crippen MR) is 82.2 cm³/mol. The third-order valence-electron chi connectivity index (χ3n) is 2.86. The Balaban J connectivity index is 2.17. The Morgan fingerprint density at radius 2 is 2.14 bits per heavy atom. The minimum absolute atomic E-state index is 0.0400. The number of nitrogens with one attached hydrogen (secondary N) is 2. The molecular formula is C14H14Cl2N2O4. The second-order valence-corrected chi connectivity index (χ2v) is 5.11. The molecule has 118 valence electrons. The average molecular weight is 345 g/mol. The molecule has 0 fully saturated rings. The lowest BCUT2D eigenvalue weighted by molar-refractivity contribution is -0.138. The van der Waals surface area contributed by atoms with Gasteiger partial charge in [0.05, 0.1) is 29.4 Å². The summed E-state index contributed by atoms with van der Waals surface area (Å²) in [4.78, 5) is 23.3. The van der Waals surface area contributed by atoms with Gasteiger partial charge in [0.25, 0.3) is 0 Å². The Labute approximate surface area is 137 Å². The van der Waals surface area contributed by atoms with Crippen LogP contribution in [-0.4, -0.2) is 31.8 Å². The van der Waals surface area contributed by atoms with E-state index in [4.69, 9.17) is 32.7 Å². The standard InChI is InChI=1S/C14H14Cl2N2O4/c1-2-21-13(19)8-6-17-14(20)18-10(8)7-22-11-5-3-4-9(15)12(11)16/h3-5H,2,6-7H2,1H3,(H2,17,18,20). The number of benzene rings is 1. The zero-order valence-corrected chi connectivity index (χ0v) is 13.3. The van der Waals surface area contributed by atoms with Gasteiger partial charge < -0.3 is 20.1 Å². The Kier molecular flexibility index (Phi) is 5.51. The molecule has 1 aliphatic rings. The molecule has 0 atom stereocenters. The Bertz CT molecular complexity index is 631. The molecule has 8 heteroatoms. The Hall–Kier alpha value is -1.92. The van der Waals surface area contributed by atoms with Crippen LogP contribution in [0.1, 0.15) is 6.92 Å². The van der Waals surface area contributed by atoms with Crippen molar-refractivity contribution in [2.45, 2.75) is 6.92 Å². The summed E-state index contributed by atoms with van der Waals surface area (Å²) in [5.74, 6) is -0.150. The first-order chi connectivity index (χ1) is 10.5. The number of carbonyl (C=O) groups is 2. The van der Waals surface area contributed by atoms with Gasteiger partial charge in [-0.3, -0.25) is 0 Å². The van der Waals surface area contributed by atoms with Crippen molar-refractivity contribution in [2.24, 2.45) is 0 Å². The molecule has 2 amide bonds. The van der Waals surface area contributed by atoms with Crippen LogP contribution in [-0.2, 0) is 9.53 Å². The number of esters is 1. The Morgan fingerprint density at radius 1 is 1.36 bits per heavy atom. The van der Waals surface area contributed by atoms with Crippen LogP contribution in [0.4, 0.5) is 4.79 Å². The number of halogens is 2. The highest BCUT2D eigenvalue weighted by Crippen LogP contribution is 2.31. The van der Waals surface area contributed by atoms with E-state index < -0.39 is 12.0 Å². The van der Waals surface area contributed by atoms with Gasteiger partial charge in [-0.15, -0.1) is 0 Å². The minimum Gasteiger partial charge on any atom is -0.486 e. The van der Waals surface area contributed by atoms with Gasteiger partial charge in [-0.25, -0.2) is 9.59 Å². The van der Waals surface area contributed by atoms with Gasteiger partial charge in [-0.05, 0) is 19.1 Å². The van der Waals surface area contributed by atoms with Crippen molar-refractivity contribution in [3.8, 4) is 5.75 Å². The number of carbonyl (C=O) groups excluding carboxylic acids is 2. The lowest BCUT2D eigenvalue weighted by atomic mass is 10.1. The van der Waals surface area contributed by atoms with Gasteiger partial charge in [0.15, 0.2) is 0 Å². The molecule has 1 aromatic rings. The zero-order chi connectivity index (χ0) is 16.1. The quantitative estimate of drug-likeness (QED) is 0.804. The smallest absolute Gasteiger partial charge is 0.337 e. The first-order valence-electron chi connectivity index (χ1n) is 6.53. The number of hydrogen-bond acceptors (Lipinski definition) is 4. The fourth-order valence-electron chi connectivity index (χ4n) is 1.81. The molecule has 22 heavy (non-hydrogen) atoms. The molecule has 0 aromatic heterocycles. The lowest BCUT2D eigenvalue weighted by Crippen LogP contribution is -2.45. The van der Waals surface area contributed by atoms with Crippen LogP contribution in [0.15, 0.2) is 29.5 Å². The van der Waals surface area contributed by atoms with E-state index in [1.54, 1.807) is 25.1 Å². The molecule has 0 saturated heterocycles. The van der Waals surface area contributed by atoms with Gasteiger partial charge in [0.2, 0.25) is 0 Å². The summed E-state index contributed by atoms with van der Waals surface area (Å²) in [7, 11) is 0. The van der Waals surface area contributed by atoms with Crippen molar-refractivity contribution in [2.75, 3.05) is 19.8 Å². The molecule has 1 aliphatic heterocycles. The molecule has 2 N–H and O–H groups in total. The first kappa shape index (κ1) is 16.5. The topological polar surface area (TPSA) is 76.7 Å². The summed E-state index contributed by atoms with van der Waals surface area (Å²) in [5, 5.41) is 5.67. The molecule has 2 rings (SSSR count). The molecule has 0 bridgehead atoms. The van der Waals surface area contributed by atoms with Crippen LogP contribution in [0.2, 0.25) is 10.0 Å². The van der Waals surface area contributed by atoms with E-state index in [-0.39, 0.29) is 24.8 Å². The number of amides is 2. The predicted octanol–water partition coefficient (Wildman–Crippen LogP) is 2.50. The van der Waals surface area contributed by atoms with Crippen LogP contribution in [0.3, 0.4) is 0 Å². The molecule has 0 unspecified atom stereocenters. The molecule has 0 aliphatic carbocycles. The Morgan fingerprint density at radius 3 is 2.86 bits per heavy atom. The number of hydrogen-bond donors (Lipinski definition) is 2. The highest BCUT2D eigenvalue weighted by Gasteiger charge is 2.24. The highest BCUT2D eigenvalue weighted by molar-refractivity contribution is 6.42. The fraction of sp³-hybridized carbons (Fsp3) is 0.286. The van der Waals surface area contributed by atoms with Crippen LogP contribution in [0, 0.1) is 0 Å². The maximum atomic E-state index is 11.9. The summed E-state index contributed by atoms with van der Waals surface area (Å²) >= 11 is 11.9. The van der Waals surface area contributed by atoms with Gasteiger partial charge in [0, 0.05) is 0 Å². The summed E-state index contributed by atoms with van der Waals surface area (Å²) in [5.41, 5.74) is 0.637. The van der Waals surface area contributed by atoms with E-state index >= 15 is 0 Å². The molecule has 0 spiro atoms. The molecule has 1 aromatic carbocycles. The van der Waals surface area contributed by atoms with E-state index in [2.05, 4.69) is 10.6 Å². The van der Waals surface area contributed by atoms with Crippen molar-refractivity contribution in [3.63, 3.8) is 0 Å². The van der Waals surface area contributed by atoms with E-state index in [0.717, 1.165) is 0 Å². The largest absolute Gasteiger partial charge is 0.486 e. The minimum atomic E-state index is -0.509. The zero-order valence-electron chi connectivity index (χ0n) is 11.7. The number of rotatable bonds is 5. The highest BCUT2D eigenvalue weighted by atomic mass is 35.5. The first-order valence-corrected chi connectivity index (χ1v) is 7.29. The molecule has 0 saturated carbocycles. The van der Waals surface area contributed by atoms with Gasteiger partial charge in [-0.1, -0.05) is 29.3 Å². The van der Waals surface area contributed by atoms with Crippen molar-refractivity contribution in [3.05, 3.63) is 39.5 Å². The summed E-state index contributed by atoms with van der Waals surface area (Å²) in [6.45, 7) is 1.98. The normalized spacial score (nSPS) is 14.2. The molecular weight excluding hydrogens is 331 g/mol. The van der Waals surface area contributed by atoms with Crippen molar-refractivity contribution < 1.29 is 19.1 Å². The maximum Gasteiger partial charge on any atom is 0.337 e. The average Bonchev–Trinajstić information content (AvgIpc) is 2.49. The maximum absolute atomic E-state index is 11.9. The second-order valence-electron chi connectivity index (χ2n) is 4.33. The van der Waals surface area contributed by atoms with Crippen LogP contribution >= 0.6 is 23.2 Å². The lowest BCUT2D eigenvalue weighted by Gasteiger charge is -2.21. The fourth-order valence-corrected chi connectivity index (χ4v) is 2.16. The summed E-state index contributed by atoms with van der Waals surface area (Å²) in [6, 6.07) is 4.54. The SMILES string of the molecule is CCOC(=O)C1=C(COc2cccc(Cl)c2Cl)NC(=O)NC1. The molecule has 0 radical (unpaired) electrons. The van der Waals surface area contributed by atoms with E-state index in [1.165, 1.54) is 0 Å². The van der Waals surface area contributed by atoms with E-state index in [1.807, 2.05) is 0 Å². The number of urea groups is 1. The van der Waals surface area contributed by atoms with E-state index in [9.17, 15) is 9.59 Å². The molecule has 1 heterocycles. The second kappa shape index (κ2) is 7.38. The third kappa shape index (κ3) is 3.84. The van der Waals surface area contributed by atoms with Crippen molar-refractivity contribution >= 4 is 35.2 Å². The van der Waals surface area contributed by atoms with Crippen molar-refractivity contribution in [1.29, 1.82) is 0 Å².